The number of hydrogen-bond donors (Lipinski definition) is 1. The summed E-state index contributed by atoms with van der Waals surface area (Å²) >= 11 is 11.8. The molecular formula is C17H14Cl2FNO4. The molecule has 0 bridgehead atoms. The van der Waals surface area contributed by atoms with E-state index < -0.39 is 30.4 Å². The molecule has 132 valence electrons. The van der Waals surface area contributed by atoms with Gasteiger partial charge in [-0.3, -0.25) is 4.79 Å². The molecule has 1 unspecified atom stereocenters. The highest BCUT2D eigenvalue weighted by atomic mass is 35.5. The largest absolute Gasteiger partial charge is 0.482 e. The summed E-state index contributed by atoms with van der Waals surface area (Å²) in [5.74, 6) is -1.43. The number of amides is 1. The third-order valence-corrected chi connectivity index (χ3v) is 3.88. The predicted molar refractivity (Wildman–Crippen MR) is 92.5 cm³/mol. The second-order valence-corrected chi connectivity index (χ2v) is 5.75. The van der Waals surface area contributed by atoms with Crippen LogP contribution < -0.4 is 10.1 Å². The molecule has 1 atom stereocenters. The molecule has 0 saturated carbocycles. The Hall–Kier alpha value is -2.31. The zero-order chi connectivity index (χ0) is 18.4. The molecule has 0 aromatic heterocycles. The van der Waals surface area contributed by atoms with Crippen LogP contribution in [0.4, 0.5) is 10.1 Å². The fraction of sp³-hybridized carbons (Fsp3) is 0.176. The van der Waals surface area contributed by atoms with E-state index >= 15 is 0 Å². The number of ether oxygens (including phenoxy) is 2. The second kappa shape index (κ2) is 8.69. The molecule has 5 nitrogen and oxygen atoms in total. The second-order valence-electron chi connectivity index (χ2n) is 4.97. The first-order valence-corrected chi connectivity index (χ1v) is 7.95. The maximum atomic E-state index is 12.8. The summed E-state index contributed by atoms with van der Waals surface area (Å²) in [6.45, 7) is 0.991. The van der Waals surface area contributed by atoms with E-state index in [2.05, 4.69) is 5.32 Å². The fourth-order valence-corrected chi connectivity index (χ4v) is 2.14. The van der Waals surface area contributed by atoms with E-state index in [1.54, 1.807) is 18.2 Å². The Morgan fingerprint density at radius 2 is 1.84 bits per heavy atom. The van der Waals surface area contributed by atoms with Gasteiger partial charge < -0.3 is 14.8 Å². The highest BCUT2D eigenvalue weighted by molar-refractivity contribution is 6.44. The zero-order valence-corrected chi connectivity index (χ0v) is 14.6. The van der Waals surface area contributed by atoms with Crippen molar-refractivity contribution >= 4 is 40.8 Å². The van der Waals surface area contributed by atoms with Crippen molar-refractivity contribution in [2.45, 2.75) is 13.0 Å². The van der Waals surface area contributed by atoms with Crippen molar-refractivity contribution in [3.05, 3.63) is 58.3 Å². The van der Waals surface area contributed by atoms with Gasteiger partial charge in [-0.2, -0.15) is 0 Å². The molecule has 2 aromatic carbocycles. The summed E-state index contributed by atoms with van der Waals surface area (Å²) in [7, 11) is 0. The number of carbonyl (C=O) groups excluding carboxylic acids is 2. The number of halogens is 3. The van der Waals surface area contributed by atoms with E-state index in [-0.39, 0.29) is 10.0 Å². The smallest absolute Gasteiger partial charge is 0.344 e. The Morgan fingerprint density at radius 1 is 1.16 bits per heavy atom. The molecule has 8 heteroatoms. The SMILES string of the molecule is CC(OC(=O)COc1ccc(F)cc1)C(=O)Nc1cccc(Cl)c1Cl. The molecule has 1 N–H and O–H groups in total. The molecule has 0 saturated heterocycles. The molecule has 0 heterocycles. The Morgan fingerprint density at radius 3 is 2.52 bits per heavy atom. The van der Waals surface area contributed by atoms with Crippen LogP contribution in [0.3, 0.4) is 0 Å². The standard InChI is InChI=1S/C17H14Cl2FNO4/c1-10(17(23)21-14-4-2-3-13(18)16(14)19)25-15(22)9-24-12-7-5-11(20)6-8-12/h2-8,10H,9H2,1H3,(H,21,23). The van der Waals surface area contributed by atoms with Gasteiger partial charge in [0, 0.05) is 0 Å². The fourth-order valence-electron chi connectivity index (χ4n) is 1.79. The summed E-state index contributed by atoms with van der Waals surface area (Å²) in [5, 5.41) is 3.00. The van der Waals surface area contributed by atoms with E-state index in [0.717, 1.165) is 0 Å². The third kappa shape index (κ3) is 5.62. The molecule has 0 radical (unpaired) electrons. The van der Waals surface area contributed by atoms with Gasteiger partial charge in [0.2, 0.25) is 0 Å². The predicted octanol–water partition coefficient (Wildman–Crippen LogP) is 4.08. The number of benzene rings is 2. The lowest BCUT2D eigenvalue weighted by Crippen LogP contribution is -2.31. The molecular weight excluding hydrogens is 372 g/mol. The van der Waals surface area contributed by atoms with Crippen molar-refractivity contribution in [1.82, 2.24) is 0 Å². The van der Waals surface area contributed by atoms with E-state index in [4.69, 9.17) is 32.7 Å². The number of carbonyl (C=O) groups is 2. The van der Waals surface area contributed by atoms with Crippen molar-refractivity contribution in [3.63, 3.8) is 0 Å². The van der Waals surface area contributed by atoms with Gasteiger partial charge in [0.1, 0.15) is 11.6 Å². The highest BCUT2D eigenvalue weighted by Gasteiger charge is 2.19. The van der Waals surface area contributed by atoms with Crippen LogP contribution in [0.25, 0.3) is 0 Å². The Kier molecular flexibility index (Phi) is 6.61. The average molecular weight is 386 g/mol. The quantitative estimate of drug-likeness (QED) is 0.760. The molecule has 25 heavy (non-hydrogen) atoms. The topological polar surface area (TPSA) is 64.6 Å². The van der Waals surface area contributed by atoms with Crippen LogP contribution in [-0.2, 0) is 14.3 Å². The van der Waals surface area contributed by atoms with E-state index in [0.29, 0.717) is 11.4 Å². The maximum Gasteiger partial charge on any atom is 0.344 e. The first-order chi connectivity index (χ1) is 11.9. The number of rotatable bonds is 6. The Bertz CT molecular complexity index is 768. The average Bonchev–Trinajstić information content (AvgIpc) is 2.58. The number of nitrogens with one attached hydrogen (secondary N) is 1. The van der Waals surface area contributed by atoms with Crippen molar-refractivity contribution < 1.29 is 23.5 Å². The Balaban J connectivity index is 1.84. The van der Waals surface area contributed by atoms with Crippen LogP contribution >= 0.6 is 23.2 Å². The first-order valence-electron chi connectivity index (χ1n) is 7.19. The van der Waals surface area contributed by atoms with Gasteiger partial charge in [-0.1, -0.05) is 29.3 Å². The molecule has 0 aliphatic rings. The van der Waals surface area contributed by atoms with Crippen molar-refractivity contribution in [2.75, 3.05) is 11.9 Å². The third-order valence-electron chi connectivity index (χ3n) is 3.06. The summed E-state index contributed by atoms with van der Waals surface area (Å²) in [4.78, 5) is 23.8. The van der Waals surface area contributed by atoms with Gasteiger partial charge in [-0.25, -0.2) is 9.18 Å². The molecule has 2 rings (SSSR count). The first kappa shape index (κ1) is 19.0. The van der Waals surface area contributed by atoms with Crippen LogP contribution in [0.15, 0.2) is 42.5 Å². The lowest BCUT2D eigenvalue weighted by molar-refractivity contribution is -0.155. The summed E-state index contributed by atoms with van der Waals surface area (Å²) < 4.78 is 22.9. The van der Waals surface area contributed by atoms with Crippen LogP contribution in [0, 0.1) is 5.82 Å². The lowest BCUT2D eigenvalue weighted by atomic mass is 10.3. The normalized spacial score (nSPS) is 11.5. The molecule has 2 aromatic rings. The van der Waals surface area contributed by atoms with Crippen LogP contribution in [-0.4, -0.2) is 24.6 Å². The molecule has 1 amide bonds. The minimum Gasteiger partial charge on any atom is -0.482 e. The Labute approximate surface area is 153 Å². The van der Waals surface area contributed by atoms with Gasteiger partial charge >= 0.3 is 5.97 Å². The number of esters is 1. The lowest BCUT2D eigenvalue weighted by Gasteiger charge is -2.15. The zero-order valence-electron chi connectivity index (χ0n) is 13.1. The van der Waals surface area contributed by atoms with E-state index in [9.17, 15) is 14.0 Å². The maximum absolute atomic E-state index is 12.8. The van der Waals surface area contributed by atoms with Gasteiger partial charge in [0.05, 0.1) is 15.7 Å². The van der Waals surface area contributed by atoms with Crippen LogP contribution in [0.5, 0.6) is 5.75 Å². The minimum absolute atomic E-state index is 0.190. The van der Waals surface area contributed by atoms with Gasteiger partial charge in [-0.15, -0.1) is 0 Å². The molecule has 0 fully saturated rings. The summed E-state index contributed by atoms with van der Waals surface area (Å²) in [5.41, 5.74) is 0.310. The number of anilines is 1. The summed E-state index contributed by atoms with van der Waals surface area (Å²) in [6, 6.07) is 9.92. The van der Waals surface area contributed by atoms with Gasteiger partial charge in [0.15, 0.2) is 12.7 Å². The highest BCUT2D eigenvalue weighted by Crippen LogP contribution is 2.29. The van der Waals surface area contributed by atoms with E-state index in [1.165, 1.54) is 31.2 Å². The summed E-state index contributed by atoms with van der Waals surface area (Å²) in [6.07, 6.45) is -1.07. The molecule has 0 spiro atoms. The number of hydrogen-bond acceptors (Lipinski definition) is 4. The molecule has 0 aliphatic heterocycles. The van der Waals surface area contributed by atoms with Crippen LogP contribution in [0.1, 0.15) is 6.92 Å². The monoisotopic (exact) mass is 385 g/mol. The van der Waals surface area contributed by atoms with Gasteiger partial charge in [-0.05, 0) is 43.3 Å². The minimum atomic E-state index is -1.07. The molecule has 0 aliphatic carbocycles. The van der Waals surface area contributed by atoms with Crippen molar-refractivity contribution in [1.29, 1.82) is 0 Å². The van der Waals surface area contributed by atoms with Crippen molar-refractivity contribution in [2.24, 2.45) is 0 Å². The van der Waals surface area contributed by atoms with E-state index in [1.807, 2.05) is 0 Å². The van der Waals surface area contributed by atoms with Gasteiger partial charge in [0.25, 0.3) is 5.91 Å². The van der Waals surface area contributed by atoms with Crippen LogP contribution in [0.2, 0.25) is 10.0 Å². The van der Waals surface area contributed by atoms with Crippen molar-refractivity contribution in [3.8, 4) is 5.75 Å².